The summed E-state index contributed by atoms with van der Waals surface area (Å²) >= 11 is 1.57. The zero-order valence-electron chi connectivity index (χ0n) is 16.3. The van der Waals surface area contributed by atoms with Crippen molar-refractivity contribution in [1.29, 1.82) is 0 Å². The number of benzene rings is 1. The van der Waals surface area contributed by atoms with Gasteiger partial charge in [0.1, 0.15) is 10.7 Å². The third-order valence-corrected chi connectivity index (χ3v) is 7.46. The van der Waals surface area contributed by atoms with Gasteiger partial charge in [-0.2, -0.15) is 8.42 Å². The molecule has 2 aliphatic rings. The quantitative estimate of drug-likeness (QED) is 0.803. The van der Waals surface area contributed by atoms with Crippen LogP contribution in [0.25, 0.3) is 10.4 Å². The fourth-order valence-corrected chi connectivity index (χ4v) is 5.58. The van der Waals surface area contributed by atoms with Crippen molar-refractivity contribution < 1.29 is 13.2 Å². The Hall–Kier alpha value is -2.23. The van der Waals surface area contributed by atoms with Gasteiger partial charge in [-0.25, -0.2) is 0 Å². The van der Waals surface area contributed by atoms with Crippen molar-refractivity contribution in [3.8, 4) is 10.4 Å². The highest BCUT2D eigenvalue weighted by Gasteiger charge is 2.27. The third kappa shape index (κ3) is 4.36. The standard InChI is InChI=1S/C20H24N4O3S2/c1-2-20(25)24-9-4-8-23(10-11-24)14-19-21-16-7-6-15(17-5-3-12-28-17)13-18(16)29(26,27)22-19/h3,5-7,12-13H,2,4,8-11,14H2,1H3,(H,21,22). The van der Waals surface area contributed by atoms with Crippen LogP contribution in [-0.2, 0) is 14.8 Å². The van der Waals surface area contributed by atoms with Crippen LogP contribution in [0.1, 0.15) is 19.8 Å². The van der Waals surface area contributed by atoms with E-state index in [0.717, 1.165) is 30.0 Å². The van der Waals surface area contributed by atoms with E-state index >= 15 is 0 Å². The number of hydrogen-bond donors (Lipinski definition) is 1. The van der Waals surface area contributed by atoms with Crippen LogP contribution in [0.2, 0.25) is 0 Å². The number of nitrogens with zero attached hydrogens (tertiary/aromatic N) is 3. The van der Waals surface area contributed by atoms with Crippen molar-refractivity contribution in [3.05, 3.63) is 35.7 Å². The lowest BCUT2D eigenvalue weighted by Gasteiger charge is -2.25. The van der Waals surface area contributed by atoms with E-state index in [4.69, 9.17) is 0 Å². The lowest BCUT2D eigenvalue weighted by Crippen LogP contribution is -2.39. The Kier molecular flexibility index (Phi) is 5.71. The Morgan fingerprint density at radius 2 is 2.07 bits per heavy atom. The summed E-state index contributed by atoms with van der Waals surface area (Å²) in [5.74, 6) is 0.592. The topological polar surface area (TPSA) is 82.1 Å². The smallest absolute Gasteiger partial charge is 0.286 e. The van der Waals surface area contributed by atoms with E-state index in [0.29, 0.717) is 37.6 Å². The predicted octanol–water partition coefficient (Wildman–Crippen LogP) is 2.87. The Morgan fingerprint density at radius 3 is 2.83 bits per heavy atom. The average molecular weight is 433 g/mol. The molecule has 1 saturated heterocycles. The minimum atomic E-state index is -3.75. The fourth-order valence-electron chi connectivity index (χ4n) is 3.69. The third-order valence-electron chi connectivity index (χ3n) is 5.19. The lowest BCUT2D eigenvalue weighted by atomic mass is 10.1. The Labute approximate surface area is 175 Å². The molecule has 0 bridgehead atoms. The van der Waals surface area contributed by atoms with E-state index in [9.17, 15) is 13.2 Å². The average Bonchev–Trinajstić information content (AvgIpc) is 3.14. The van der Waals surface area contributed by atoms with Gasteiger partial charge in [-0.3, -0.25) is 9.69 Å². The number of amidine groups is 1. The number of thiophene rings is 1. The number of carbonyl (C=O) groups excluding carboxylic acids is 1. The molecule has 1 aromatic carbocycles. The number of fused-ring (bicyclic) bond motifs is 1. The molecule has 29 heavy (non-hydrogen) atoms. The Morgan fingerprint density at radius 1 is 1.21 bits per heavy atom. The number of sulfonamides is 1. The maximum Gasteiger partial charge on any atom is 0.286 e. The van der Waals surface area contributed by atoms with Gasteiger partial charge in [0, 0.05) is 37.5 Å². The molecule has 0 spiro atoms. The molecule has 1 fully saturated rings. The molecule has 2 aliphatic heterocycles. The van der Waals surface area contributed by atoms with Crippen molar-refractivity contribution in [2.75, 3.05) is 38.0 Å². The molecule has 0 unspecified atom stereocenters. The van der Waals surface area contributed by atoms with Crippen LogP contribution in [-0.4, -0.2) is 62.7 Å². The first-order valence-electron chi connectivity index (χ1n) is 9.75. The van der Waals surface area contributed by atoms with Crippen molar-refractivity contribution in [2.45, 2.75) is 24.7 Å². The minimum Gasteiger partial charge on any atom is -0.341 e. The first-order valence-corrected chi connectivity index (χ1v) is 12.1. The SMILES string of the molecule is CCC(=O)N1CCCN(CC2=NS(=O)(=O)c3cc(-c4cccs4)ccc3N2)CC1. The second-order valence-electron chi connectivity index (χ2n) is 7.19. The number of amides is 1. The van der Waals surface area contributed by atoms with Gasteiger partial charge in [0.05, 0.1) is 12.2 Å². The zero-order valence-corrected chi connectivity index (χ0v) is 17.9. The molecular weight excluding hydrogens is 408 g/mol. The summed E-state index contributed by atoms with van der Waals surface area (Å²) in [5, 5.41) is 5.16. The molecule has 154 valence electrons. The Balaban J connectivity index is 1.50. The molecule has 9 heteroatoms. The molecule has 3 heterocycles. The van der Waals surface area contributed by atoms with Crippen LogP contribution in [0.3, 0.4) is 0 Å². The van der Waals surface area contributed by atoms with Crippen LogP contribution in [0.4, 0.5) is 5.69 Å². The molecule has 1 amide bonds. The number of carbonyl (C=O) groups is 1. The molecule has 4 rings (SSSR count). The van der Waals surface area contributed by atoms with Gasteiger partial charge in [0.25, 0.3) is 10.0 Å². The summed E-state index contributed by atoms with van der Waals surface area (Å²) in [6, 6.07) is 9.33. The number of nitrogens with one attached hydrogen (secondary N) is 1. The van der Waals surface area contributed by atoms with E-state index in [1.54, 1.807) is 23.5 Å². The second kappa shape index (κ2) is 8.25. The Bertz CT molecular complexity index is 1030. The van der Waals surface area contributed by atoms with Gasteiger partial charge in [-0.05, 0) is 35.6 Å². The van der Waals surface area contributed by atoms with Gasteiger partial charge in [0.15, 0.2) is 0 Å². The van der Waals surface area contributed by atoms with Crippen LogP contribution in [0.15, 0.2) is 45.0 Å². The van der Waals surface area contributed by atoms with Gasteiger partial charge < -0.3 is 10.2 Å². The van der Waals surface area contributed by atoms with Crippen LogP contribution in [0, 0.1) is 0 Å². The van der Waals surface area contributed by atoms with Crippen molar-refractivity contribution in [3.63, 3.8) is 0 Å². The molecule has 0 radical (unpaired) electrons. The summed E-state index contributed by atoms with van der Waals surface area (Å²) in [7, 11) is -3.75. The predicted molar refractivity (Wildman–Crippen MR) is 116 cm³/mol. The summed E-state index contributed by atoms with van der Waals surface area (Å²) in [5.41, 5.74) is 1.43. The highest BCUT2D eigenvalue weighted by atomic mass is 32.2. The number of rotatable bonds is 4. The highest BCUT2D eigenvalue weighted by molar-refractivity contribution is 7.90. The molecular formula is C20H24N4O3S2. The van der Waals surface area contributed by atoms with Crippen LogP contribution in [0.5, 0.6) is 0 Å². The first-order chi connectivity index (χ1) is 14.0. The summed E-state index contributed by atoms with van der Waals surface area (Å²) in [4.78, 5) is 17.2. The van der Waals surface area contributed by atoms with E-state index in [1.807, 2.05) is 35.4 Å². The lowest BCUT2D eigenvalue weighted by molar-refractivity contribution is -0.130. The van der Waals surface area contributed by atoms with E-state index < -0.39 is 10.0 Å². The van der Waals surface area contributed by atoms with Gasteiger partial charge in [0.2, 0.25) is 5.91 Å². The molecule has 0 saturated carbocycles. The first kappa shape index (κ1) is 20.1. The molecule has 1 N–H and O–H groups in total. The van der Waals surface area contributed by atoms with Crippen molar-refractivity contribution in [1.82, 2.24) is 9.80 Å². The van der Waals surface area contributed by atoms with Gasteiger partial charge in [-0.15, -0.1) is 15.7 Å². The van der Waals surface area contributed by atoms with Gasteiger partial charge >= 0.3 is 0 Å². The normalized spacial score (nSPS) is 19.1. The monoisotopic (exact) mass is 432 g/mol. The maximum absolute atomic E-state index is 12.8. The van der Waals surface area contributed by atoms with Gasteiger partial charge in [-0.1, -0.05) is 19.1 Å². The van der Waals surface area contributed by atoms with Crippen molar-refractivity contribution >= 4 is 38.8 Å². The second-order valence-corrected chi connectivity index (χ2v) is 9.71. The summed E-state index contributed by atoms with van der Waals surface area (Å²) in [6.45, 7) is 5.20. The molecule has 1 aromatic heterocycles. The van der Waals surface area contributed by atoms with E-state index in [1.165, 1.54) is 0 Å². The van der Waals surface area contributed by atoms with Crippen LogP contribution < -0.4 is 5.32 Å². The summed E-state index contributed by atoms with van der Waals surface area (Å²) in [6.07, 6.45) is 1.38. The molecule has 2 aromatic rings. The fraction of sp³-hybridized carbons (Fsp3) is 0.400. The van der Waals surface area contributed by atoms with Crippen LogP contribution >= 0.6 is 11.3 Å². The van der Waals surface area contributed by atoms with Crippen molar-refractivity contribution in [2.24, 2.45) is 4.40 Å². The summed E-state index contributed by atoms with van der Waals surface area (Å²) < 4.78 is 29.6. The molecule has 0 aliphatic carbocycles. The highest BCUT2D eigenvalue weighted by Crippen LogP contribution is 2.33. The zero-order chi connectivity index (χ0) is 20.4. The maximum atomic E-state index is 12.8. The number of hydrogen-bond acceptors (Lipinski definition) is 6. The van der Waals surface area contributed by atoms with E-state index in [2.05, 4.69) is 14.6 Å². The molecule has 0 atom stereocenters. The number of anilines is 1. The minimum absolute atomic E-state index is 0.165. The van der Waals surface area contributed by atoms with E-state index in [-0.39, 0.29) is 10.8 Å². The largest absolute Gasteiger partial charge is 0.341 e. The molecule has 7 nitrogen and oxygen atoms in total.